The summed E-state index contributed by atoms with van der Waals surface area (Å²) in [6.07, 6.45) is 1.52. The molecule has 4 rings (SSSR count). The lowest BCUT2D eigenvalue weighted by atomic mass is 9.98. The number of carbonyl (C=O) groups is 2. The van der Waals surface area contributed by atoms with Crippen molar-refractivity contribution in [3.8, 4) is 0 Å². The van der Waals surface area contributed by atoms with Crippen molar-refractivity contribution in [2.75, 3.05) is 16.8 Å². The van der Waals surface area contributed by atoms with Gasteiger partial charge in [0.1, 0.15) is 11.6 Å². The zero-order valence-corrected chi connectivity index (χ0v) is 16.4. The number of carbonyl (C=O) groups excluding carboxylic acids is 2. The fourth-order valence-electron chi connectivity index (χ4n) is 3.59. The summed E-state index contributed by atoms with van der Waals surface area (Å²) in [6.45, 7) is 2.57. The Hall–Kier alpha value is -3.54. The molecule has 0 aromatic heterocycles. The summed E-state index contributed by atoms with van der Waals surface area (Å²) in [7, 11) is 0. The van der Waals surface area contributed by atoms with Crippen LogP contribution in [0.25, 0.3) is 0 Å². The van der Waals surface area contributed by atoms with Crippen LogP contribution in [0.4, 0.5) is 20.2 Å². The summed E-state index contributed by atoms with van der Waals surface area (Å²) in [4.78, 5) is 27.3. The summed E-state index contributed by atoms with van der Waals surface area (Å²) < 4.78 is 26.9. The number of anilines is 2. The molecule has 30 heavy (non-hydrogen) atoms. The summed E-state index contributed by atoms with van der Waals surface area (Å²) in [5.74, 6) is -2.12. The summed E-state index contributed by atoms with van der Waals surface area (Å²) in [5, 5.41) is 2.46. The van der Waals surface area contributed by atoms with Gasteiger partial charge in [-0.25, -0.2) is 8.78 Å². The second-order valence-corrected chi connectivity index (χ2v) is 7.35. The van der Waals surface area contributed by atoms with Crippen molar-refractivity contribution in [1.82, 2.24) is 0 Å². The van der Waals surface area contributed by atoms with Crippen LogP contribution in [0.2, 0.25) is 0 Å². The second-order valence-electron chi connectivity index (χ2n) is 7.35. The lowest BCUT2D eigenvalue weighted by Crippen LogP contribution is -2.35. The van der Waals surface area contributed by atoms with Gasteiger partial charge in [0.15, 0.2) is 0 Å². The molecule has 1 aliphatic heterocycles. The Morgan fingerprint density at radius 1 is 0.933 bits per heavy atom. The van der Waals surface area contributed by atoms with Crippen LogP contribution in [-0.2, 0) is 6.42 Å². The highest BCUT2D eigenvalue weighted by atomic mass is 19.1. The van der Waals surface area contributed by atoms with Crippen LogP contribution < -0.4 is 10.2 Å². The number of rotatable bonds is 3. The van der Waals surface area contributed by atoms with Gasteiger partial charge in [0.25, 0.3) is 11.8 Å². The molecule has 0 bridgehead atoms. The molecule has 0 atom stereocenters. The third-order valence-corrected chi connectivity index (χ3v) is 5.18. The first-order chi connectivity index (χ1) is 14.4. The van der Waals surface area contributed by atoms with Gasteiger partial charge in [-0.2, -0.15) is 0 Å². The number of aryl methyl sites for hydroxylation is 2. The Bertz CT molecular complexity index is 1130. The van der Waals surface area contributed by atoms with Crippen LogP contribution in [0.3, 0.4) is 0 Å². The summed E-state index contributed by atoms with van der Waals surface area (Å²) in [6, 6.07) is 15.5. The molecule has 0 aliphatic carbocycles. The molecule has 1 aliphatic rings. The molecule has 0 unspecified atom stereocenters. The Kier molecular flexibility index (Phi) is 5.31. The fourth-order valence-corrected chi connectivity index (χ4v) is 3.59. The summed E-state index contributed by atoms with van der Waals surface area (Å²) in [5.41, 5.74) is 3.61. The predicted octanol–water partition coefficient (Wildman–Crippen LogP) is 5.12. The molecule has 2 amide bonds. The number of hydrogen-bond acceptors (Lipinski definition) is 2. The molecule has 6 heteroatoms. The number of nitrogens with zero attached hydrogens (tertiary/aromatic N) is 1. The van der Waals surface area contributed by atoms with Gasteiger partial charge >= 0.3 is 0 Å². The van der Waals surface area contributed by atoms with Crippen molar-refractivity contribution in [2.24, 2.45) is 0 Å². The molecule has 0 spiro atoms. The number of benzene rings is 3. The van der Waals surface area contributed by atoms with E-state index in [9.17, 15) is 18.4 Å². The average molecular weight is 406 g/mol. The van der Waals surface area contributed by atoms with Crippen LogP contribution in [0.15, 0.2) is 60.7 Å². The minimum atomic E-state index is -0.837. The van der Waals surface area contributed by atoms with Crippen molar-refractivity contribution < 1.29 is 18.4 Å². The van der Waals surface area contributed by atoms with E-state index in [0.717, 1.165) is 41.8 Å². The molecular weight excluding hydrogens is 386 g/mol. The van der Waals surface area contributed by atoms with Crippen molar-refractivity contribution in [1.29, 1.82) is 0 Å². The SMILES string of the molecule is Cc1ccc(C(=O)N2CCCc3cc(C(=O)Nc4ccc(F)cc4F)ccc32)cc1. The van der Waals surface area contributed by atoms with Gasteiger partial charge in [-0.15, -0.1) is 0 Å². The van der Waals surface area contributed by atoms with Crippen molar-refractivity contribution >= 4 is 23.2 Å². The van der Waals surface area contributed by atoms with Crippen LogP contribution >= 0.6 is 0 Å². The van der Waals surface area contributed by atoms with E-state index in [1.54, 1.807) is 23.1 Å². The lowest BCUT2D eigenvalue weighted by molar-refractivity contribution is 0.0984. The van der Waals surface area contributed by atoms with Gasteiger partial charge in [-0.1, -0.05) is 17.7 Å². The maximum absolute atomic E-state index is 13.8. The highest BCUT2D eigenvalue weighted by molar-refractivity contribution is 6.08. The number of nitrogens with one attached hydrogen (secondary N) is 1. The third kappa shape index (κ3) is 3.94. The van der Waals surface area contributed by atoms with Crippen LogP contribution in [0.5, 0.6) is 0 Å². The normalized spacial score (nSPS) is 13.0. The number of fused-ring (bicyclic) bond motifs is 1. The molecule has 1 N–H and O–H groups in total. The van der Waals surface area contributed by atoms with Gasteiger partial charge in [-0.3, -0.25) is 9.59 Å². The van der Waals surface area contributed by atoms with E-state index in [1.165, 1.54) is 6.07 Å². The maximum atomic E-state index is 13.8. The van der Waals surface area contributed by atoms with Crippen molar-refractivity contribution in [2.45, 2.75) is 19.8 Å². The highest BCUT2D eigenvalue weighted by Crippen LogP contribution is 2.30. The van der Waals surface area contributed by atoms with E-state index in [2.05, 4.69) is 5.32 Å². The van der Waals surface area contributed by atoms with E-state index in [4.69, 9.17) is 0 Å². The van der Waals surface area contributed by atoms with Crippen LogP contribution in [-0.4, -0.2) is 18.4 Å². The summed E-state index contributed by atoms with van der Waals surface area (Å²) >= 11 is 0. The van der Waals surface area contributed by atoms with Gasteiger partial charge in [-0.05, 0) is 67.8 Å². The van der Waals surface area contributed by atoms with Gasteiger partial charge < -0.3 is 10.2 Å². The van der Waals surface area contributed by atoms with E-state index in [1.807, 2.05) is 31.2 Å². The van der Waals surface area contributed by atoms with Gasteiger partial charge in [0.05, 0.1) is 5.69 Å². The molecule has 4 nitrogen and oxygen atoms in total. The first-order valence-electron chi connectivity index (χ1n) is 9.70. The van der Waals surface area contributed by atoms with Crippen molar-refractivity contribution in [3.05, 3.63) is 94.6 Å². The van der Waals surface area contributed by atoms with Gasteiger partial charge in [0, 0.05) is 29.4 Å². The first kappa shape index (κ1) is 19.8. The maximum Gasteiger partial charge on any atom is 0.258 e. The highest BCUT2D eigenvalue weighted by Gasteiger charge is 2.24. The van der Waals surface area contributed by atoms with E-state index in [0.29, 0.717) is 17.7 Å². The van der Waals surface area contributed by atoms with E-state index in [-0.39, 0.29) is 11.6 Å². The van der Waals surface area contributed by atoms with E-state index < -0.39 is 17.5 Å². The molecular formula is C24H20F2N2O2. The van der Waals surface area contributed by atoms with Crippen LogP contribution in [0.1, 0.15) is 38.3 Å². The van der Waals surface area contributed by atoms with E-state index >= 15 is 0 Å². The predicted molar refractivity (Wildman–Crippen MR) is 112 cm³/mol. The molecule has 3 aromatic rings. The Morgan fingerprint density at radius 2 is 1.67 bits per heavy atom. The lowest BCUT2D eigenvalue weighted by Gasteiger charge is -2.30. The Labute approximate surface area is 173 Å². The molecule has 1 heterocycles. The van der Waals surface area contributed by atoms with Gasteiger partial charge in [0.2, 0.25) is 0 Å². The van der Waals surface area contributed by atoms with Crippen molar-refractivity contribution in [3.63, 3.8) is 0 Å². The molecule has 0 saturated heterocycles. The first-order valence-corrected chi connectivity index (χ1v) is 9.70. The minimum absolute atomic E-state index is 0.0819. The Balaban J connectivity index is 1.57. The standard InChI is InChI=1S/C24H20F2N2O2/c1-15-4-6-16(7-5-15)24(30)28-12-2-3-17-13-18(8-11-22(17)28)23(29)27-21-10-9-19(25)14-20(21)26/h4-11,13-14H,2-3,12H2,1H3,(H,27,29). The smallest absolute Gasteiger partial charge is 0.258 e. The number of hydrogen-bond donors (Lipinski definition) is 1. The molecule has 3 aromatic carbocycles. The quantitative estimate of drug-likeness (QED) is 0.656. The minimum Gasteiger partial charge on any atom is -0.319 e. The number of amides is 2. The average Bonchev–Trinajstić information content (AvgIpc) is 2.75. The Morgan fingerprint density at radius 3 is 2.40 bits per heavy atom. The zero-order valence-electron chi connectivity index (χ0n) is 16.4. The van der Waals surface area contributed by atoms with Crippen LogP contribution in [0, 0.1) is 18.6 Å². The molecule has 0 radical (unpaired) electrons. The fraction of sp³-hybridized carbons (Fsp3) is 0.167. The molecule has 0 saturated carbocycles. The second kappa shape index (κ2) is 8.06. The third-order valence-electron chi connectivity index (χ3n) is 5.18. The largest absolute Gasteiger partial charge is 0.319 e. The zero-order chi connectivity index (χ0) is 21.3. The molecule has 152 valence electrons. The number of halogens is 2. The topological polar surface area (TPSA) is 49.4 Å². The molecule has 0 fully saturated rings. The monoisotopic (exact) mass is 406 g/mol.